The largest absolute Gasteiger partial charge is 0.469 e. The van der Waals surface area contributed by atoms with E-state index in [1.807, 2.05) is 13.8 Å². The number of hydrogen-bond acceptors (Lipinski definition) is 7. The Balaban J connectivity index is 2.08. The van der Waals surface area contributed by atoms with E-state index in [4.69, 9.17) is 9.47 Å². The van der Waals surface area contributed by atoms with E-state index in [9.17, 15) is 24.5 Å². The van der Waals surface area contributed by atoms with Crippen LogP contribution in [0.25, 0.3) is 0 Å². The van der Waals surface area contributed by atoms with Crippen molar-refractivity contribution in [2.24, 2.45) is 17.3 Å². The van der Waals surface area contributed by atoms with Gasteiger partial charge in [0.1, 0.15) is 6.04 Å². The number of carbonyl (C=O) groups is 3. The number of ether oxygens (including phenoxy) is 2. The van der Waals surface area contributed by atoms with Gasteiger partial charge >= 0.3 is 11.9 Å². The van der Waals surface area contributed by atoms with E-state index in [1.54, 1.807) is 0 Å². The molecule has 3 atom stereocenters. The van der Waals surface area contributed by atoms with Gasteiger partial charge in [-0.2, -0.15) is 0 Å². The van der Waals surface area contributed by atoms with Gasteiger partial charge in [0.15, 0.2) is 0 Å². The standard InChI is InChI=1S/C19H24N2O7/c1-19(2)13(10-14(19)17(23)27-3)16(22)20-15(18(24)28-4)9-11-5-7-12(8-6-11)21(25)26/h5-8,13-15H,9-10H2,1-4H3,(H,20,22)/t13?,14?,15-/m0/s1. The first kappa shape index (κ1) is 21.3. The summed E-state index contributed by atoms with van der Waals surface area (Å²) < 4.78 is 9.54. The minimum atomic E-state index is -0.938. The first-order chi connectivity index (χ1) is 13.1. The number of methoxy groups -OCH3 is 2. The molecule has 2 rings (SSSR count). The van der Waals surface area contributed by atoms with E-state index in [-0.39, 0.29) is 29.9 Å². The highest BCUT2D eigenvalue weighted by molar-refractivity contribution is 5.89. The van der Waals surface area contributed by atoms with Crippen LogP contribution in [0.5, 0.6) is 0 Å². The highest BCUT2D eigenvalue weighted by Gasteiger charge is 2.55. The topological polar surface area (TPSA) is 125 Å². The van der Waals surface area contributed by atoms with Crippen molar-refractivity contribution in [1.29, 1.82) is 0 Å². The van der Waals surface area contributed by atoms with Gasteiger partial charge in [0.2, 0.25) is 5.91 Å². The molecule has 28 heavy (non-hydrogen) atoms. The van der Waals surface area contributed by atoms with Gasteiger partial charge in [0, 0.05) is 24.5 Å². The number of esters is 2. The monoisotopic (exact) mass is 392 g/mol. The molecule has 1 aliphatic rings. The number of benzene rings is 1. The van der Waals surface area contributed by atoms with Gasteiger partial charge in [0.05, 0.1) is 25.1 Å². The van der Waals surface area contributed by atoms with Crippen LogP contribution >= 0.6 is 0 Å². The lowest BCUT2D eigenvalue weighted by atomic mass is 9.54. The minimum absolute atomic E-state index is 0.0625. The van der Waals surface area contributed by atoms with Gasteiger partial charge in [-0.15, -0.1) is 0 Å². The SMILES string of the molecule is COC(=O)C1CC(C(=O)N[C@@H](Cc2ccc([N+](=O)[O-])cc2)C(=O)OC)C1(C)C. The Labute approximate surface area is 162 Å². The fraction of sp³-hybridized carbons (Fsp3) is 0.526. The summed E-state index contributed by atoms with van der Waals surface area (Å²) >= 11 is 0. The zero-order valence-corrected chi connectivity index (χ0v) is 16.3. The second-order valence-corrected chi connectivity index (χ2v) is 7.40. The molecule has 9 heteroatoms. The molecule has 1 fully saturated rings. The summed E-state index contributed by atoms with van der Waals surface area (Å²) in [7, 11) is 2.53. The third-order valence-electron chi connectivity index (χ3n) is 5.46. The van der Waals surface area contributed by atoms with Crippen molar-refractivity contribution in [1.82, 2.24) is 5.32 Å². The second-order valence-electron chi connectivity index (χ2n) is 7.40. The molecule has 152 valence electrons. The Hall–Kier alpha value is -2.97. The summed E-state index contributed by atoms with van der Waals surface area (Å²) in [5, 5.41) is 13.4. The van der Waals surface area contributed by atoms with Crippen LogP contribution in [0, 0.1) is 27.4 Å². The third-order valence-corrected chi connectivity index (χ3v) is 5.46. The lowest BCUT2D eigenvalue weighted by Crippen LogP contribution is -2.57. The minimum Gasteiger partial charge on any atom is -0.469 e. The third kappa shape index (κ3) is 4.29. The number of hydrogen-bond donors (Lipinski definition) is 1. The number of nitro benzene ring substituents is 1. The maximum atomic E-state index is 12.7. The highest BCUT2D eigenvalue weighted by atomic mass is 16.6. The van der Waals surface area contributed by atoms with Crippen molar-refractivity contribution in [2.45, 2.75) is 32.7 Å². The molecular formula is C19H24N2O7. The van der Waals surface area contributed by atoms with Gasteiger partial charge in [0.25, 0.3) is 5.69 Å². The zero-order chi connectivity index (χ0) is 21.1. The van der Waals surface area contributed by atoms with E-state index < -0.39 is 28.3 Å². The average Bonchev–Trinajstić information content (AvgIpc) is 2.66. The molecule has 0 aliphatic heterocycles. The molecule has 1 aromatic rings. The fourth-order valence-corrected chi connectivity index (χ4v) is 3.51. The molecule has 1 aromatic carbocycles. The van der Waals surface area contributed by atoms with Crippen LogP contribution in [-0.2, 0) is 30.3 Å². The van der Waals surface area contributed by atoms with E-state index in [1.165, 1.54) is 38.5 Å². The van der Waals surface area contributed by atoms with Gasteiger partial charge < -0.3 is 14.8 Å². The van der Waals surface area contributed by atoms with Crippen molar-refractivity contribution in [2.75, 3.05) is 14.2 Å². The fourth-order valence-electron chi connectivity index (χ4n) is 3.51. The molecule has 0 saturated heterocycles. The Morgan fingerprint density at radius 3 is 2.25 bits per heavy atom. The Morgan fingerprint density at radius 2 is 1.79 bits per heavy atom. The predicted molar refractivity (Wildman–Crippen MR) is 98.1 cm³/mol. The van der Waals surface area contributed by atoms with E-state index in [0.29, 0.717) is 12.0 Å². The van der Waals surface area contributed by atoms with E-state index >= 15 is 0 Å². The molecule has 0 radical (unpaired) electrons. The van der Waals surface area contributed by atoms with Crippen molar-refractivity contribution in [3.63, 3.8) is 0 Å². The van der Waals surface area contributed by atoms with Crippen LogP contribution in [0.4, 0.5) is 5.69 Å². The van der Waals surface area contributed by atoms with Crippen LogP contribution < -0.4 is 5.32 Å². The number of nitrogens with one attached hydrogen (secondary N) is 1. The molecule has 1 aliphatic carbocycles. The molecule has 0 spiro atoms. The summed E-state index contributed by atoms with van der Waals surface area (Å²) in [6.07, 6.45) is 0.473. The van der Waals surface area contributed by atoms with Crippen molar-refractivity contribution in [3.05, 3.63) is 39.9 Å². The Bertz CT molecular complexity index is 773. The summed E-state index contributed by atoms with van der Waals surface area (Å²) in [6, 6.07) is 4.79. The smallest absolute Gasteiger partial charge is 0.328 e. The molecule has 1 saturated carbocycles. The normalized spacial score (nSPS) is 21.0. The molecule has 0 heterocycles. The van der Waals surface area contributed by atoms with Crippen molar-refractivity contribution in [3.8, 4) is 0 Å². The first-order valence-corrected chi connectivity index (χ1v) is 8.81. The molecule has 0 aromatic heterocycles. The zero-order valence-electron chi connectivity index (χ0n) is 16.3. The number of amides is 1. The lowest BCUT2D eigenvalue weighted by Gasteiger charge is -2.49. The van der Waals surface area contributed by atoms with Crippen molar-refractivity contribution >= 4 is 23.5 Å². The van der Waals surface area contributed by atoms with Crippen LogP contribution in [0.3, 0.4) is 0 Å². The van der Waals surface area contributed by atoms with Crippen molar-refractivity contribution < 1.29 is 28.8 Å². The van der Waals surface area contributed by atoms with Crippen LogP contribution in [-0.4, -0.2) is 43.0 Å². The maximum absolute atomic E-state index is 12.7. The summed E-state index contributed by atoms with van der Waals surface area (Å²) in [5.74, 6) is -2.14. The predicted octanol–water partition coefficient (Wildman–Crippen LogP) is 1.63. The number of non-ortho nitro benzene ring substituents is 1. The number of rotatable bonds is 7. The van der Waals surface area contributed by atoms with Crippen LogP contribution in [0.2, 0.25) is 0 Å². The summed E-state index contributed by atoms with van der Waals surface area (Å²) in [5.41, 5.74) is -0.0142. The first-order valence-electron chi connectivity index (χ1n) is 8.81. The van der Waals surface area contributed by atoms with Gasteiger partial charge in [-0.05, 0) is 17.4 Å². The molecule has 0 bridgehead atoms. The number of nitro groups is 1. The molecule has 9 nitrogen and oxygen atoms in total. The quantitative estimate of drug-likeness (QED) is 0.425. The van der Waals surface area contributed by atoms with Crippen LogP contribution in [0.1, 0.15) is 25.8 Å². The number of nitrogens with zero attached hydrogens (tertiary/aromatic N) is 1. The van der Waals surface area contributed by atoms with Crippen LogP contribution in [0.15, 0.2) is 24.3 Å². The summed E-state index contributed by atoms with van der Waals surface area (Å²) in [6.45, 7) is 3.62. The maximum Gasteiger partial charge on any atom is 0.328 e. The number of carbonyl (C=O) groups excluding carboxylic acids is 3. The average molecular weight is 392 g/mol. The molecule has 1 N–H and O–H groups in total. The highest BCUT2D eigenvalue weighted by Crippen LogP contribution is 2.51. The summed E-state index contributed by atoms with van der Waals surface area (Å²) in [4.78, 5) is 46.8. The van der Waals surface area contributed by atoms with E-state index in [2.05, 4.69) is 5.32 Å². The van der Waals surface area contributed by atoms with E-state index in [0.717, 1.165) is 0 Å². The molecular weight excluding hydrogens is 368 g/mol. The van der Waals surface area contributed by atoms with Gasteiger partial charge in [-0.25, -0.2) is 4.79 Å². The van der Waals surface area contributed by atoms with Gasteiger partial charge in [-0.1, -0.05) is 26.0 Å². The molecule has 2 unspecified atom stereocenters. The lowest BCUT2D eigenvalue weighted by molar-refractivity contribution is -0.384. The Morgan fingerprint density at radius 1 is 1.18 bits per heavy atom. The second kappa shape index (κ2) is 8.37. The molecule has 1 amide bonds. The van der Waals surface area contributed by atoms with Gasteiger partial charge in [-0.3, -0.25) is 19.7 Å². The Kier molecular flexibility index (Phi) is 6.37.